The Morgan fingerprint density at radius 3 is 2.59 bits per heavy atom. The summed E-state index contributed by atoms with van der Waals surface area (Å²) < 4.78 is 69.7. The average molecular weight is 923 g/mol. The van der Waals surface area contributed by atoms with Gasteiger partial charge in [0.2, 0.25) is 5.91 Å². The smallest absolute Gasteiger partial charge is 0.382 e. The van der Waals surface area contributed by atoms with Crippen molar-refractivity contribution < 1.29 is 75.0 Å². The third-order valence-corrected chi connectivity index (χ3v) is 11.3. The second-order valence-electron chi connectivity index (χ2n) is 12.0. The molecule has 0 aliphatic carbocycles. The summed E-state index contributed by atoms with van der Waals surface area (Å²) in [7, 11) is -17.0. The van der Waals surface area contributed by atoms with Crippen molar-refractivity contribution in [3.63, 3.8) is 0 Å². The quantitative estimate of drug-likeness (QED) is 0.0168. The Labute approximate surface area is 344 Å². The van der Waals surface area contributed by atoms with Gasteiger partial charge in [-0.1, -0.05) is 34.2 Å². The number of aromatic nitrogens is 2. The molecule has 1 saturated heterocycles. The molecule has 2 amide bonds. The van der Waals surface area contributed by atoms with Crippen LogP contribution in [0.1, 0.15) is 40.6 Å². The molecular formula is C29H41N12O17P3. The Morgan fingerprint density at radius 1 is 1.11 bits per heavy atom. The van der Waals surface area contributed by atoms with Crippen LogP contribution in [0.3, 0.4) is 0 Å². The standard InChI is InChI=1S/C29H41N12O17P3/c30-8-10-35-28(43)20-4-1-3-19(13-20)6-7-25(38-40-33)53-12-11-52-17-24(42)34-9-2-5-21-15-41(29(44)37-27(21)31)26-14-22(54-18-36-39-32)23(56-26)16-55-60(48,49)58-61(50,51)57-59(45,46)47/h1,3-4,13,15,22-23,25-26H,6-12,14,16-18,30H2,(H,34,42)(H,35,43)(H,48,49)(H,50,51)(H2,31,37,44)(H2,45,46,47)/t22-,23?,25?,26?/m0/s1. The molecule has 334 valence electrons. The van der Waals surface area contributed by atoms with E-state index < -0.39 is 73.1 Å². The normalized spacial score (nSPS) is 18.5. The molecule has 5 unspecified atom stereocenters. The van der Waals surface area contributed by atoms with Crippen molar-refractivity contribution >= 4 is 41.1 Å². The molecule has 1 aliphatic rings. The maximum atomic E-state index is 12.8. The molecule has 61 heavy (non-hydrogen) atoms. The van der Waals surface area contributed by atoms with Gasteiger partial charge in [0.1, 0.15) is 37.7 Å². The van der Waals surface area contributed by atoms with E-state index in [9.17, 15) is 37.9 Å². The summed E-state index contributed by atoms with van der Waals surface area (Å²) in [6, 6.07) is 6.92. The number of amides is 2. The fourth-order valence-corrected chi connectivity index (χ4v) is 8.06. The molecule has 1 aromatic heterocycles. The van der Waals surface area contributed by atoms with Crippen molar-refractivity contribution in [3.8, 4) is 11.8 Å². The number of nitrogens with zero attached hydrogens (tertiary/aromatic N) is 8. The first-order valence-electron chi connectivity index (χ1n) is 17.4. The fourth-order valence-electron chi connectivity index (χ4n) is 5.03. The minimum Gasteiger partial charge on any atom is -0.382 e. The molecule has 32 heteroatoms. The van der Waals surface area contributed by atoms with E-state index in [-0.39, 0.29) is 50.1 Å². The molecule has 1 aliphatic heterocycles. The number of hydrogen-bond donors (Lipinski definition) is 8. The van der Waals surface area contributed by atoms with E-state index >= 15 is 0 Å². The molecule has 10 N–H and O–H groups in total. The van der Waals surface area contributed by atoms with Gasteiger partial charge in [0.15, 0.2) is 0 Å². The highest BCUT2D eigenvalue weighted by Crippen LogP contribution is 2.66. The molecule has 0 bridgehead atoms. The number of ether oxygens (including phenoxy) is 4. The highest BCUT2D eigenvalue weighted by atomic mass is 31.3. The van der Waals surface area contributed by atoms with Gasteiger partial charge in [0.05, 0.1) is 38.0 Å². The molecule has 0 saturated carbocycles. The number of benzene rings is 1. The van der Waals surface area contributed by atoms with Crippen molar-refractivity contribution in [3.05, 3.63) is 78.5 Å². The Kier molecular flexibility index (Phi) is 20.4. The van der Waals surface area contributed by atoms with E-state index in [1.165, 1.54) is 0 Å². The summed E-state index contributed by atoms with van der Waals surface area (Å²) >= 11 is 0. The minimum atomic E-state index is -5.82. The van der Waals surface area contributed by atoms with Gasteiger partial charge in [-0.3, -0.25) is 18.7 Å². The van der Waals surface area contributed by atoms with Gasteiger partial charge >= 0.3 is 29.2 Å². The zero-order valence-electron chi connectivity index (χ0n) is 31.6. The molecule has 1 aromatic carbocycles. The minimum absolute atomic E-state index is 0.00408. The van der Waals surface area contributed by atoms with Crippen LogP contribution >= 0.6 is 23.5 Å². The number of phosphoric acid groups is 3. The first-order valence-corrected chi connectivity index (χ1v) is 21.9. The van der Waals surface area contributed by atoms with Crippen LogP contribution in [0.2, 0.25) is 0 Å². The largest absolute Gasteiger partial charge is 0.490 e. The first kappa shape index (κ1) is 50.6. The van der Waals surface area contributed by atoms with E-state index in [1.54, 1.807) is 18.2 Å². The lowest BCUT2D eigenvalue weighted by molar-refractivity contribution is -0.126. The fraction of sp³-hybridized carbons (Fsp3) is 0.517. The van der Waals surface area contributed by atoms with E-state index in [1.807, 2.05) is 6.07 Å². The zero-order chi connectivity index (χ0) is 45.1. The molecule has 3 rings (SSSR count). The number of azide groups is 2. The van der Waals surface area contributed by atoms with E-state index in [2.05, 4.69) is 60.7 Å². The van der Waals surface area contributed by atoms with Gasteiger partial charge < -0.3 is 60.6 Å². The van der Waals surface area contributed by atoms with E-state index in [0.717, 1.165) is 16.3 Å². The lowest BCUT2D eigenvalue weighted by atomic mass is 10.1. The number of anilines is 1. The Balaban J connectivity index is 1.51. The topological polar surface area (TPSA) is 439 Å². The highest BCUT2D eigenvalue weighted by Gasteiger charge is 2.43. The van der Waals surface area contributed by atoms with Crippen molar-refractivity contribution in [2.24, 2.45) is 16.0 Å². The second kappa shape index (κ2) is 24.6. The SMILES string of the molecule is [N-]=[N+]=NCO[C@H]1CC(n2cc(C#CCNC(=O)COCCOC(CCc3cccc(C(=O)NCCN)c3)N=[N+]=[N-])c(N)nc2=O)OC1COP(=O)(O)OP(=O)(O)OP(=O)(O)O. The van der Waals surface area contributed by atoms with Crippen molar-refractivity contribution in [2.45, 2.75) is 43.9 Å². The van der Waals surface area contributed by atoms with Crippen LogP contribution in [0.5, 0.6) is 0 Å². The highest BCUT2D eigenvalue weighted by molar-refractivity contribution is 7.66. The number of hydrogen-bond acceptors (Lipinski definition) is 18. The second-order valence-corrected chi connectivity index (χ2v) is 16.4. The Morgan fingerprint density at radius 2 is 1.89 bits per heavy atom. The third-order valence-electron chi connectivity index (χ3n) is 7.55. The molecular weight excluding hydrogens is 881 g/mol. The predicted octanol–water partition coefficient (Wildman–Crippen LogP) is 0.568. The maximum absolute atomic E-state index is 12.8. The lowest BCUT2D eigenvalue weighted by Crippen LogP contribution is -2.30. The molecule has 2 aromatic rings. The number of aryl methyl sites for hydroxylation is 1. The van der Waals surface area contributed by atoms with Crippen molar-refractivity contribution in [2.75, 3.05) is 58.5 Å². The number of nitrogen functional groups attached to an aromatic ring is 1. The Hall–Kier alpha value is -4.77. The predicted molar refractivity (Wildman–Crippen MR) is 206 cm³/mol. The summed E-state index contributed by atoms with van der Waals surface area (Å²) in [4.78, 5) is 82.9. The van der Waals surface area contributed by atoms with E-state index in [4.69, 9.17) is 51.3 Å². The first-order chi connectivity index (χ1) is 28.8. The van der Waals surface area contributed by atoms with Crippen molar-refractivity contribution in [1.29, 1.82) is 0 Å². The number of carbonyl (C=O) groups excluding carboxylic acids is 2. The number of rotatable bonds is 25. The molecule has 29 nitrogen and oxygen atoms in total. The number of nitrogens with two attached hydrogens (primary N) is 2. The van der Waals surface area contributed by atoms with Crippen molar-refractivity contribution in [1.82, 2.24) is 20.2 Å². The van der Waals surface area contributed by atoms with Gasteiger partial charge in [-0.25, -0.2) is 18.5 Å². The summed E-state index contributed by atoms with van der Waals surface area (Å²) in [5, 5.41) is 12.0. The van der Waals surface area contributed by atoms with Gasteiger partial charge in [-0.2, -0.15) is 13.6 Å². The molecule has 0 radical (unpaired) electrons. The number of carbonyl (C=O) groups is 2. The van der Waals surface area contributed by atoms with Gasteiger partial charge in [0.25, 0.3) is 5.91 Å². The molecule has 1 fully saturated rings. The maximum Gasteiger partial charge on any atom is 0.490 e. The van der Waals surface area contributed by atoms with Crippen LogP contribution in [-0.4, -0.2) is 112 Å². The third kappa shape index (κ3) is 18.8. The zero-order valence-corrected chi connectivity index (χ0v) is 34.3. The van der Waals surface area contributed by atoms with Gasteiger partial charge in [-0.15, -0.1) is 0 Å². The lowest BCUT2D eigenvalue weighted by Gasteiger charge is -2.21. The number of phosphoric ester groups is 1. The number of nitrogens with one attached hydrogen (secondary N) is 2. The molecule has 6 atom stereocenters. The average Bonchev–Trinajstić information content (AvgIpc) is 3.58. The van der Waals surface area contributed by atoms with Crippen LogP contribution in [0.4, 0.5) is 5.82 Å². The molecule has 2 heterocycles. The van der Waals surface area contributed by atoms with Crippen LogP contribution in [-0.2, 0) is 57.0 Å². The van der Waals surface area contributed by atoms with Crippen LogP contribution in [0.15, 0.2) is 45.5 Å². The van der Waals surface area contributed by atoms with E-state index in [0.29, 0.717) is 31.5 Å². The van der Waals surface area contributed by atoms with Crippen LogP contribution in [0.25, 0.3) is 20.9 Å². The summed E-state index contributed by atoms with van der Waals surface area (Å²) in [5.41, 5.74) is 29.2. The van der Waals surface area contributed by atoms with Crippen LogP contribution in [0, 0.1) is 11.8 Å². The monoisotopic (exact) mass is 922 g/mol. The molecule has 0 spiro atoms. The van der Waals surface area contributed by atoms with Crippen LogP contribution < -0.4 is 27.8 Å². The Bertz CT molecular complexity index is 2210. The summed E-state index contributed by atoms with van der Waals surface area (Å²) in [6.07, 6.45) is -2.89. The van der Waals surface area contributed by atoms with Gasteiger partial charge in [-0.05, 0) is 41.6 Å². The summed E-state index contributed by atoms with van der Waals surface area (Å²) in [5.74, 6) is 4.16. The van der Waals surface area contributed by atoms with Gasteiger partial charge in [0, 0.05) is 41.1 Å². The summed E-state index contributed by atoms with van der Waals surface area (Å²) in [6.45, 7) is -1.52.